The van der Waals surface area contributed by atoms with Gasteiger partial charge in [-0.2, -0.15) is 0 Å². The number of imide groups is 1. The molecule has 2 unspecified atom stereocenters. The number of phenols is 1. The number of aliphatic imine (C=N–C) groups is 1. The number of hydroxylamine groups is 4. The molecule has 2 aliphatic heterocycles. The number of carbonyl (C=O) groups excluding carboxylic acids is 9. The normalized spacial score (nSPS) is 18.7. The third-order valence-corrected chi connectivity index (χ3v) is 12.2. The summed E-state index contributed by atoms with van der Waals surface area (Å²) in [4.78, 5) is 134. The molecule has 3 rings (SSSR count). The smallest absolute Gasteiger partial charge is 0.320 e. The molecule has 1 fully saturated rings. The quantitative estimate of drug-likeness (QED) is 0.0195. The van der Waals surface area contributed by atoms with E-state index in [-0.39, 0.29) is 89.1 Å². The van der Waals surface area contributed by atoms with Crippen LogP contribution in [0.3, 0.4) is 0 Å². The van der Waals surface area contributed by atoms with E-state index in [9.17, 15) is 73.7 Å². The van der Waals surface area contributed by atoms with Crippen LogP contribution in [0.15, 0.2) is 29.3 Å². The van der Waals surface area contributed by atoms with Gasteiger partial charge in [0.2, 0.25) is 41.4 Å². The van der Waals surface area contributed by atoms with Gasteiger partial charge in [0.25, 0.3) is 11.8 Å². The second kappa shape index (κ2) is 31.1. The number of amides is 9. The highest BCUT2D eigenvalue weighted by Crippen LogP contribution is 2.15. The first-order chi connectivity index (χ1) is 35.4. The minimum Gasteiger partial charge on any atom is -0.508 e. The summed E-state index contributed by atoms with van der Waals surface area (Å²) >= 11 is 0. The molecule has 0 aromatic heterocycles. The Morgan fingerprint density at radius 3 is 2.13 bits per heavy atom. The Balaban J connectivity index is 1.68. The Morgan fingerprint density at radius 2 is 1.51 bits per heavy atom. The third kappa shape index (κ3) is 20.7. The maximum Gasteiger partial charge on any atom is 0.320 e. The highest BCUT2D eigenvalue weighted by atomic mass is 16.5. The average Bonchev–Trinajstić information content (AvgIpc) is 3.36. The fourth-order valence-electron chi connectivity index (χ4n) is 7.78. The lowest BCUT2D eigenvalue weighted by Gasteiger charge is -2.31. The number of hydrogen-bond acceptors (Lipinski definition) is 20. The molecule has 18 N–H and O–H groups in total. The number of aromatic hydroxyl groups is 1. The van der Waals surface area contributed by atoms with Gasteiger partial charge in [-0.1, -0.05) is 12.1 Å². The number of phenolic OH excluding ortho intramolecular Hbond substituents is 1. The van der Waals surface area contributed by atoms with Crippen LogP contribution in [0.1, 0.15) is 90.5 Å². The monoisotopic (exact) mass is 1060 g/mol. The van der Waals surface area contributed by atoms with Crippen molar-refractivity contribution in [3.63, 3.8) is 0 Å². The fourth-order valence-corrected chi connectivity index (χ4v) is 7.78. The van der Waals surface area contributed by atoms with Crippen LogP contribution in [0, 0.1) is 0 Å². The fraction of sp³-hybridized carbons (Fsp3) is 0.630. The van der Waals surface area contributed by atoms with Crippen LogP contribution in [0.25, 0.3) is 0 Å². The van der Waals surface area contributed by atoms with Gasteiger partial charge in [0.1, 0.15) is 47.8 Å². The lowest BCUT2D eigenvalue weighted by atomic mass is 10.0. The van der Waals surface area contributed by atoms with Crippen LogP contribution >= 0.6 is 0 Å². The van der Waals surface area contributed by atoms with E-state index < -0.39 is 126 Å². The van der Waals surface area contributed by atoms with E-state index in [0.717, 1.165) is 13.8 Å². The molecule has 0 bridgehead atoms. The maximum atomic E-state index is 13.8. The molecule has 29 nitrogen and oxygen atoms in total. The number of unbranched alkanes of at least 4 members (excludes halogenated alkanes) is 1. The van der Waals surface area contributed by atoms with Crippen LogP contribution in [0.4, 0.5) is 0 Å². The summed E-state index contributed by atoms with van der Waals surface area (Å²) in [7, 11) is 0. The van der Waals surface area contributed by atoms with Crippen molar-refractivity contribution in [2.24, 2.45) is 16.5 Å². The number of aliphatic hydroxyl groups excluding tert-OH is 2. The van der Waals surface area contributed by atoms with Crippen LogP contribution in [-0.4, -0.2) is 199 Å². The number of benzene rings is 1. The molecule has 0 aliphatic carbocycles. The third-order valence-electron chi connectivity index (χ3n) is 12.2. The Bertz CT molecular complexity index is 2180. The molecule has 2 heterocycles. The Kier molecular flexibility index (Phi) is 25.9. The van der Waals surface area contributed by atoms with Crippen LogP contribution in [0.5, 0.6) is 5.75 Å². The van der Waals surface area contributed by atoms with E-state index in [0.29, 0.717) is 35.0 Å². The van der Waals surface area contributed by atoms with Gasteiger partial charge in [0.15, 0.2) is 0 Å². The molecule has 75 heavy (non-hydrogen) atoms. The molecule has 29 heteroatoms. The van der Waals surface area contributed by atoms with Crippen LogP contribution in [-0.2, 0) is 54.4 Å². The van der Waals surface area contributed by atoms with Gasteiger partial charge >= 0.3 is 5.97 Å². The number of hydrogen-bond donors (Lipinski definition) is 16. The standard InChI is InChI=1S/C46H73N13O16/c1-24(50-40(66)32-17-19-49-38(53-32)34(22-27-11-13-28(63)14-12-27)52-36(64)16-15-29(48)46(72)73)39(65)54-31(8-4-5-18-47)41(67)56-37(25(2)61)44(70)55-35(23-60)43(69)57-42(68)30(9-6-20-58(74)26(3)62)51-33-10-7-21-59(75)45(33)71/h11-14,24-25,29-35,37,51,60-61,63,74-75H,4-10,15-23,47-48H2,1-3H3,(H,49,53)(H,50,66)(H,52,64)(H,54,65)(H,55,70)(H,56,67)(H,72,73)(H,57,68,69)/t24-,25-,29?,30+,31+,32+,33-,34?,35-,37+/m1/s1. The van der Waals surface area contributed by atoms with E-state index in [1.165, 1.54) is 19.1 Å². The number of nitrogens with one attached hydrogen (secondary N) is 8. The van der Waals surface area contributed by atoms with Gasteiger partial charge < -0.3 is 63.8 Å². The largest absolute Gasteiger partial charge is 0.508 e. The van der Waals surface area contributed by atoms with Gasteiger partial charge in [0, 0.05) is 33.0 Å². The molecular weight excluding hydrogens is 991 g/mol. The lowest BCUT2D eigenvalue weighted by Crippen LogP contribution is -2.62. The predicted molar refractivity (Wildman–Crippen MR) is 263 cm³/mol. The van der Waals surface area contributed by atoms with Crippen LogP contribution in [0.2, 0.25) is 0 Å². The number of carboxylic acid groups (broad SMARTS) is 1. The summed E-state index contributed by atoms with van der Waals surface area (Å²) in [6.07, 6.45) is -0.612. The molecule has 1 saturated heterocycles. The maximum absolute atomic E-state index is 13.8. The average molecular weight is 1060 g/mol. The van der Waals surface area contributed by atoms with E-state index in [4.69, 9.17) is 16.6 Å². The highest BCUT2D eigenvalue weighted by Gasteiger charge is 2.37. The van der Waals surface area contributed by atoms with Crippen LogP contribution < -0.4 is 54.0 Å². The number of piperidine rings is 1. The van der Waals surface area contributed by atoms with Crippen molar-refractivity contribution in [3.8, 4) is 5.75 Å². The topological polar surface area (TPSA) is 459 Å². The first kappa shape index (κ1) is 62.4. The number of amidine groups is 1. The molecule has 0 radical (unpaired) electrons. The first-order valence-corrected chi connectivity index (χ1v) is 24.6. The number of carbonyl (C=O) groups is 10. The predicted octanol–water partition coefficient (Wildman–Crippen LogP) is -5.17. The molecule has 9 amide bonds. The number of nitrogens with two attached hydrogens (primary N) is 2. The molecule has 0 spiro atoms. The van der Waals surface area contributed by atoms with Crippen molar-refractivity contribution in [1.82, 2.24) is 52.7 Å². The second-order valence-electron chi connectivity index (χ2n) is 18.3. The molecule has 10 atom stereocenters. The van der Waals surface area contributed by atoms with Gasteiger partial charge in [-0.15, -0.1) is 0 Å². The molecule has 2 aliphatic rings. The minimum absolute atomic E-state index is 0.00260. The zero-order chi connectivity index (χ0) is 55.9. The molecule has 1 aromatic carbocycles. The summed E-state index contributed by atoms with van der Waals surface area (Å²) < 4.78 is 0. The SMILES string of the molecule is CC(=O)N(O)CCC[C@H](N[C@@H]1CCCN(O)C1=O)C(=O)NC(=O)[C@@H](CO)NC(=O)[C@@H](NC(=O)[C@H](CCCCN)NC(=O)[C@@H](C)NC(=O)[C@@H]1CCN=C(C(Cc2ccc(O)cc2)NC(=O)CCC(N)C(=O)O)N1)[C@@H](C)O. The van der Waals surface area contributed by atoms with Crippen molar-refractivity contribution in [2.45, 2.75) is 152 Å². The summed E-state index contributed by atoms with van der Waals surface area (Å²) in [5, 5.41) is 80.5. The number of aliphatic carboxylic acids is 1. The van der Waals surface area contributed by atoms with Gasteiger partial charge in [-0.3, -0.25) is 74.0 Å². The minimum atomic E-state index is -1.85. The summed E-state index contributed by atoms with van der Waals surface area (Å²) in [5.74, 6) is -8.96. The molecular formula is C46H73N13O16. The highest BCUT2D eigenvalue weighted by molar-refractivity contribution is 6.02. The first-order valence-electron chi connectivity index (χ1n) is 24.6. The Morgan fingerprint density at radius 1 is 0.853 bits per heavy atom. The summed E-state index contributed by atoms with van der Waals surface area (Å²) in [6, 6.07) is -5.64. The summed E-state index contributed by atoms with van der Waals surface area (Å²) in [5.41, 5.74) is 11.9. The van der Waals surface area contributed by atoms with Crippen molar-refractivity contribution in [3.05, 3.63) is 29.8 Å². The summed E-state index contributed by atoms with van der Waals surface area (Å²) in [6.45, 7) is 2.66. The van der Waals surface area contributed by atoms with Gasteiger partial charge in [-0.25, -0.2) is 10.1 Å². The molecule has 1 aromatic rings. The van der Waals surface area contributed by atoms with E-state index >= 15 is 0 Å². The van der Waals surface area contributed by atoms with Crippen molar-refractivity contribution in [2.75, 3.05) is 32.8 Å². The van der Waals surface area contributed by atoms with Crippen molar-refractivity contribution < 1.29 is 78.8 Å². The molecule has 418 valence electrons. The van der Waals surface area contributed by atoms with E-state index in [2.05, 4.69) is 42.2 Å². The number of carboxylic acids is 1. The van der Waals surface area contributed by atoms with Gasteiger partial charge in [0.05, 0.1) is 30.8 Å². The Labute approximate surface area is 432 Å². The van der Waals surface area contributed by atoms with E-state index in [1.807, 2.05) is 5.32 Å². The second-order valence-corrected chi connectivity index (χ2v) is 18.3. The number of rotatable bonds is 30. The zero-order valence-corrected chi connectivity index (χ0v) is 42.2. The van der Waals surface area contributed by atoms with Crippen molar-refractivity contribution >= 4 is 65.0 Å². The Hall–Kier alpha value is -6.89. The zero-order valence-electron chi connectivity index (χ0n) is 42.2. The number of aliphatic hydroxyl groups is 2. The van der Waals surface area contributed by atoms with E-state index in [1.54, 1.807) is 12.1 Å². The van der Waals surface area contributed by atoms with Crippen molar-refractivity contribution in [1.29, 1.82) is 0 Å². The number of nitrogens with zero attached hydrogens (tertiary/aromatic N) is 3. The molecule has 0 saturated carbocycles. The lowest BCUT2D eigenvalue weighted by molar-refractivity contribution is -0.173. The van der Waals surface area contributed by atoms with Gasteiger partial charge in [-0.05, 0) is 102 Å².